The van der Waals surface area contributed by atoms with Gasteiger partial charge in [0.05, 0.1) is 13.2 Å². The van der Waals surface area contributed by atoms with Gasteiger partial charge in [-0.25, -0.2) is 9.59 Å². The Morgan fingerprint density at radius 2 is 0.870 bits per heavy atom. The highest BCUT2D eigenvalue weighted by atomic mass is 16.7. The summed E-state index contributed by atoms with van der Waals surface area (Å²) < 4.78 is 23.9. The third-order valence-corrected chi connectivity index (χ3v) is 10.8. The van der Waals surface area contributed by atoms with Crippen LogP contribution in [0.25, 0.3) is 54.2 Å². The lowest BCUT2D eigenvalue weighted by Crippen LogP contribution is -2.17. The standard InChI is InChI=1S/C48H54O6/c1-7-11-17-33(9-3)29-51-47(49)53-45-39-21-15-13-19-35(39)43(37-25-23-31(5)27-41(37)45)44-36-20-14-16-22-40(36)46(42-28-32(6)24-26-38(42)44)54-48(50)52-30-34(10-4)18-12-8-2/h13-16,19-28,33-34H,7-12,17-18,29-30H2,1-6H3. The molecule has 2 atom stereocenters. The summed E-state index contributed by atoms with van der Waals surface area (Å²) in [6.45, 7) is 13.4. The molecular formula is C48H54O6. The van der Waals surface area contributed by atoms with Crippen molar-refractivity contribution in [2.24, 2.45) is 11.8 Å². The third kappa shape index (κ3) is 8.33. The molecule has 0 fully saturated rings. The summed E-state index contributed by atoms with van der Waals surface area (Å²) in [6, 6.07) is 28.7. The molecule has 0 aliphatic heterocycles. The highest BCUT2D eigenvalue weighted by Gasteiger charge is 2.25. The van der Waals surface area contributed by atoms with Gasteiger partial charge in [0.1, 0.15) is 11.5 Å². The number of rotatable bonds is 15. The Morgan fingerprint density at radius 1 is 0.500 bits per heavy atom. The molecule has 6 heteroatoms. The van der Waals surface area contributed by atoms with Gasteiger partial charge in [0.25, 0.3) is 0 Å². The zero-order chi connectivity index (χ0) is 38.2. The number of aryl methyl sites for hydroxylation is 2. The Balaban J connectivity index is 1.51. The van der Waals surface area contributed by atoms with Gasteiger partial charge in [-0.2, -0.15) is 0 Å². The van der Waals surface area contributed by atoms with E-state index in [4.69, 9.17) is 18.9 Å². The van der Waals surface area contributed by atoms with Gasteiger partial charge in [-0.05, 0) is 83.3 Å². The van der Waals surface area contributed by atoms with Gasteiger partial charge >= 0.3 is 12.3 Å². The number of carbonyl (C=O) groups excluding carboxylic acids is 2. The average Bonchev–Trinajstić information content (AvgIpc) is 3.18. The lowest BCUT2D eigenvalue weighted by molar-refractivity contribution is 0.0811. The summed E-state index contributed by atoms with van der Waals surface area (Å²) in [6.07, 6.45) is 6.95. The zero-order valence-electron chi connectivity index (χ0n) is 32.8. The summed E-state index contributed by atoms with van der Waals surface area (Å²) >= 11 is 0. The topological polar surface area (TPSA) is 71.1 Å². The van der Waals surface area contributed by atoms with E-state index in [1.54, 1.807) is 0 Å². The number of carbonyl (C=O) groups is 2. The fraction of sp³-hybridized carbons (Fsp3) is 0.375. The van der Waals surface area contributed by atoms with Crippen LogP contribution >= 0.6 is 0 Å². The molecule has 0 bridgehead atoms. The molecule has 0 saturated heterocycles. The number of hydrogen-bond donors (Lipinski definition) is 0. The Labute approximate surface area is 319 Å². The van der Waals surface area contributed by atoms with Crippen LogP contribution in [-0.4, -0.2) is 25.5 Å². The van der Waals surface area contributed by atoms with Crippen LogP contribution in [0, 0.1) is 25.7 Å². The van der Waals surface area contributed by atoms with Gasteiger partial charge in [-0.1, -0.05) is 150 Å². The molecule has 2 unspecified atom stereocenters. The molecule has 0 heterocycles. The van der Waals surface area contributed by atoms with Gasteiger partial charge in [0.15, 0.2) is 0 Å². The molecule has 0 aliphatic carbocycles. The fourth-order valence-electron chi connectivity index (χ4n) is 7.66. The van der Waals surface area contributed by atoms with Crippen molar-refractivity contribution >= 4 is 55.4 Å². The Hall–Kier alpha value is -5.10. The maximum Gasteiger partial charge on any atom is 0.513 e. The number of fused-ring (bicyclic) bond motifs is 4. The summed E-state index contributed by atoms with van der Waals surface area (Å²) in [5, 5.41) is 7.00. The van der Waals surface area contributed by atoms with Crippen molar-refractivity contribution < 1.29 is 28.5 Å². The first-order valence-electron chi connectivity index (χ1n) is 19.9. The van der Waals surface area contributed by atoms with E-state index in [2.05, 4.69) is 76.2 Å². The van der Waals surface area contributed by atoms with E-state index in [9.17, 15) is 9.59 Å². The molecule has 0 spiro atoms. The third-order valence-electron chi connectivity index (χ3n) is 10.8. The normalized spacial score (nSPS) is 12.6. The van der Waals surface area contributed by atoms with Crippen molar-refractivity contribution in [2.75, 3.05) is 13.2 Å². The van der Waals surface area contributed by atoms with Crippen LogP contribution in [0.3, 0.4) is 0 Å². The molecule has 0 aliphatic rings. The summed E-state index contributed by atoms with van der Waals surface area (Å²) in [4.78, 5) is 26.8. The van der Waals surface area contributed by atoms with E-state index < -0.39 is 12.3 Å². The van der Waals surface area contributed by atoms with E-state index >= 15 is 0 Å². The molecule has 282 valence electrons. The smallest absolute Gasteiger partial charge is 0.434 e. The van der Waals surface area contributed by atoms with Crippen LogP contribution in [0.4, 0.5) is 9.59 Å². The van der Waals surface area contributed by atoms with Crippen LogP contribution in [-0.2, 0) is 9.47 Å². The highest BCUT2D eigenvalue weighted by molar-refractivity contribution is 6.27. The maximum atomic E-state index is 13.4. The van der Waals surface area contributed by atoms with E-state index in [-0.39, 0.29) is 0 Å². The SMILES string of the molecule is CCCCC(CC)COC(=O)Oc1c2ccccc2c(-c2c3ccccc3c(OC(=O)OCC(CC)CCCC)c3cc(C)ccc23)c2ccc(C)cc12. The van der Waals surface area contributed by atoms with Crippen LogP contribution in [0.15, 0.2) is 84.9 Å². The van der Waals surface area contributed by atoms with Crippen molar-refractivity contribution in [1.82, 2.24) is 0 Å². The van der Waals surface area contributed by atoms with E-state index in [1.165, 1.54) is 0 Å². The molecule has 0 amide bonds. The number of hydrogen-bond acceptors (Lipinski definition) is 6. The molecule has 54 heavy (non-hydrogen) atoms. The minimum Gasteiger partial charge on any atom is -0.434 e. The van der Waals surface area contributed by atoms with E-state index in [0.29, 0.717) is 36.5 Å². The summed E-state index contributed by atoms with van der Waals surface area (Å²) in [7, 11) is 0. The van der Waals surface area contributed by atoms with Crippen LogP contribution < -0.4 is 9.47 Å². The summed E-state index contributed by atoms with van der Waals surface area (Å²) in [5.41, 5.74) is 4.10. The van der Waals surface area contributed by atoms with E-state index in [1.807, 2.05) is 50.2 Å². The van der Waals surface area contributed by atoms with Gasteiger partial charge in [0.2, 0.25) is 0 Å². The monoisotopic (exact) mass is 726 g/mol. The fourth-order valence-corrected chi connectivity index (χ4v) is 7.66. The minimum atomic E-state index is -0.693. The second-order valence-electron chi connectivity index (χ2n) is 14.8. The molecule has 6 aromatic carbocycles. The second-order valence-corrected chi connectivity index (χ2v) is 14.8. The van der Waals surface area contributed by atoms with Gasteiger partial charge < -0.3 is 18.9 Å². The van der Waals surface area contributed by atoms with Crippen LogP contribution in [0.5, 0.6) is 11.5 Å². The van der Waals surface area contributed by atoms with Crippen molar-refractivity contribution in [3.63, 3.8) is 0 Å². The predicted molar refractivity (Wildman–Crippen MR) is 222 cm³/mol. The van der Waals surface area contributed by atoms with Crippen molar-refractivity contribution in [3.05, 3.63) is 96.1 Å². The first kappa shape index (κ1) is 38.6. The Kier molecular flexibility index (Phi) is 12.7. The molecule has 6 rings (SSSR count). The highest BCUT2D eigenvalue weighted by Crippen LogP contribution is 2.50. The quantitative estimate of drug-likeness (QED) is 0.0596. The van der Waals surface area contributed by atoms with Crippen molar-refractivity contribution in [1.29, 1.82) is 0 Å². The first-order valence-corrected chi connectivity index (χ1v) is 19.9. The largest absolute Gasteiger partial charge is 0.513 e. The van der Waals surface area contributed by atoms with Gasteiger partial charge in [0, 0.05) is 21.5 Å². The molecule has 6 nitrogen and oxygen atoms in total. The minimum absolute atomic E-state index is 0.300. The van der Waals surface area contributed by atoms with Gasteiger partial charge in [-0.3, -0.25) is 0 Å². The predicted octanol–water partition coefficient (Wildman–Crippen LogP) is 14.0. The molecule has 6 aromatic rings. The number of unbranched alkanes of at least 4 members (excludes halogenated alkanes) is 2. The zero-order valence-corrected chi connectivity index (χ0v) is 32.8. The maximum absolute atomic E-state index is 13.4. The second kappa shape index (κ2) is 17.8. The van der Waals surface area contributed by atoms with E-state index in [0.717, 1.165) is 117 Å². The molecule has 0 saturated carbocycles. The molecular weight excluding hydrogens is 673 g/mol. The van der Waals surface area contributed by atoms with Gasteiger partial charge in [-0.15, -0.1) is 0 Å². The Morgan fingerprint density at radius 3 is 1.24 bits per heavy atom. The lowest BCUT2D eigenvalue weighted by atomic mass is 9.85. The molecule has 0 radical (unpaired) electrons. The average molecular weight is 727 g/mol. The summed E-state index contributed by atoms with van der Waals surface area (Å²) in [5.74, 6) is 1.56. The van der Waals surface area contributed by atoms with Crippen molar-refractivity contribution in [3.8, 4) is 22.6 Å². The van der Waals surface area contributed by atoms with Crippen LogP contribution in [0.1, 0.15) is 90.2 Å². The molecule has 0 N–H and O–H groups in total. The lowest BCUT2D eigenvalue weighted by Gasteiger charge is -2.22. The van der Waals surface area contributed by atoms with Crippen molar-refractivity contribution in [2.45, 2.75) is 92.9 Å². The Bertz CT molecular complexity index is 2110. The molecule has 0 aromatic heterocycles. The van der Waals surface area contributed by atoms with Crippen LogP contribution in [0.2, 0.25) is 0 Å². The number of benzene rings is 6. The number of ether oxygens (including phenoxy) is 4. The first-order chi connectivity index (χ1) is 26.3.